The van der Waals surface area contributed by atoms with Crippen LogP contribution >= 0.6 is 12.4 Å². The lowest BCUT2D eigenvalue weighted by Crippen LogP contribution is -2.11. The highest BCUT2D eigenvalue weighted by molar-refractivity contribution is 5.85. The number of hydrogen-bond donors (Lipinski definition) is 2. The molecule has 0 aliphatic rings. The molecule has 4 heteroatoms. The molecule has 0 aromatic heterocycles. The first-order valence-corrected chi connectivity index (χ1v) is 5.23. The van der Waals surface area contributed by atoms with Crippen LogP contribution in [0.5, 0.6) is 0 Å². The zero-order chi connectivity index (χ0) is 11.1. The van der Waals surface area contributed by atoms with E-state index in [0.29, 0.717) is 12.1 Å². The topological polar surface area (TPSA) is 75.8 Å². The molecule has 1 aromatic rings. The highest BCUT2D eigenvalue weighted by Crippen LogP contribution is 2.17. The molecule has 1 aromatic carbocycles. The van der Waals surface area contributed by atoms with E-state index in [-0.39, 0.29) is 18.4 Å². The zero-order valence-electron chi connectivity index (χ0n) is 9.23. The Balaban J connectivity index is 0.00000225. The number of nitrogens with two attached hydrogens (primary N) is 2. The van der Waals surface area contributed by atoms with Crippen LogP contribution in [0.2, 0.25) is 0 Å². The molecule has 0 fully saturated rings. The number of unbranched alkanes of at least 4 members (excludes halogenated alkanes) is 1. The fraction of sp³-hybridized carbons (Fsp3) is 0.417. The van der Waals surface area contributed by atoms with Crippen molar-refractivity contribution in [1.29, 1.82) is 5.26 Å². The maximum Gasteiger partial charge on any atom is 0.0991 e. The summed E-state index contributed by atoms with van der Waals surface area (Å²) in [5, 5.41) is 8.75. The molecule has 0 amide bonds. The van der Waals surface area contributed by atoms with Gasteiger partial charge in [0.1, 0.15) is 0 Å². The Labute approximate surface area is 103 Å². The Morgan fingerprint density at radius 2 is 2.06 bits per heavy atom. The summed E-state index contributed by atoms with van der Waals surface area (Å²) in [4.78, 5) is 0. The van der Waals surface area contributed by atoms with Gasteiger partial charge in [-0.15, -0.1) is 12.4 Å². The van der Waals surface area contributed by atoms with Crippen LogP contribution in [0.4, 0.5) is 0 Å². The largest absolute Gasteiger partial charge is 0.330 e. The van der Waals surface area contributed by atoms with Crippen LogP contribution in [0.15, 0.2) is 24.3 Å². The van der Waals surface area contributed by atoms with Crippen molar-refractivity contribution < 1.29 is 0 Å². The number of hydrogen-bond acceptors (Lipinski definition) is 3. The summed E-state index contributed by atoms with van der Waals surface area (Å²) < 4.78 is 0. The maximum absolute atomic E-state index is 8.75. The minimum atomic E-state index is 0. The molecule has 0 heterocycles. The van der Waals surface area contributed by atoms with Gasteiger partial charge in [0.2, 0.25) is 0 Å². The van der Waals surface area contributed by atoms with Crippen LogP contribution in [-0.2, 0) is 0 Å². The van der Waals surface area contributed by atoms with Crippen molar-refractivity contribution in [3.63, 3.8) is 0 Å². The first-order valence-electron chi connectivity index (χ1n) is 5.23. The number of rotatable bonds is 5. The Bertz CT molecular complexity index is 346. The lowest BCUT2D eigenvalue weighted by Gasteiger charge is -2.11. The predicted octanol–water partition coefficient (Wildman–Crippen LogP) is 2.11. The van der Waals surface area contributed by atoms with Crippen LogP contribution in [-0.4, -0.2) is 6.54 Å². The van der Waals surface area contributed by atoms with Gasteiger partial charge in [0.15, 0.2) is 0 Å². The second-order valence-corrected chi connectivity index (χ2v) is 3.63. The molecule has 4 N–H and O–H groups in total. The van der Waals surface area contributed by atoms with Crippen molar-refractivity contribution in [1.82, 2.24) is 0 Å². The Kier molecular flexibility index (Phi) is 7.57. The summed E-state index contributed by atoms with van der Waals surface area (Å²) in [6, 6.07) is 9.61. The van der Waals surface area contributed by atoms with Crippen LogP contribution in [0, 0.1) is 11.3 Å². The van der Waals surface area contributed by atoms with E-state index >= 15 is 0 Å². The van der Waals surface area contributed by atoms with Gasteiger partial charge < -0.3 is 11.5 Å². The first kappa shape index (κ1) is 14.9. The summed E-state index contributed by atoms with van der Waals surface area (Å²) in [7, 11) is 0. The Morgan fingerprint density at radius 3 is 2.69 bits per heavy atom. The predicted molar refractivity (Wildman–Crippen MR) is 68.2 cm³/mol. The van der Waals surface area contributed by atoms with Gasteiger partial charge in [0, 0.05) is 6.04 Å². The average molecular weight is 240 g/mol. The van der Waals surface area contributed by atoms with E-state index in [2.05, 4.69) is 6.07 Å². The number of nitriles is 1. The van der Waals surface area contributed by atoms with Gasteiger partial charge in [-0.2, -0.15) is 5.26 Å². The third-order valence-corrected chi connectivity index (χ3v) is 2.41. The van der Waals surface area contributed by atoms with Crippen LogP contribution in [0.1, 0.15) is 36.4 Å². The van der Waals surface area contributed by atoms with Crippen molar-refractivity contribution in [2.75, 3.05) is 6.54 Å². The van der Waals surface area contributed by atoms with Gasteiger partial charge in [-0.1, -0.05) is 18.6 Å². The molecule has 0 radical (unpaired) electrons. The van der Waals surface area contributed by atoms with Crippen molar-refractivity contribution in [3.8, 4) is 6.07 Å². The quantitative estimate of drug-likeness (QED) is 0.773. The number of nitrogens with zero attached hydrogens (tertiary/aromatic N) is 1. The summed E-state index contributed by atoms with van der Waals surface area (Å²) in [5.41, 5.74) is 13.1. The fourth-order valence-electron chi connectivity index (χ4n) is 1.51. The second kappa shape index (κ2) is 8.12. The second-order valence-electron chi connectivity index (χ2n) is 3.63. The molecule has 0 saturated heterocycles. The lowest BCUT2D eigenvalue weighted by molar-refractivity contribution is 0.591. The molecular formula is C12H18ClN3. The van der Waals surface area contributed by atoms with E-state index in [1.807, 2.05) is 18.2 Å². The van der Waals surface area contributed by atoms with Gasteiger partial charge >= 0.3 is 0 Å². The minimum Gasteiger partial charge on any atom is -0.330 e. The highest BCUT2D eigenvalue weighted by Gasteiger charge is 2.05. The zero-order valence-corrected chi connectivity index (χ0v) is 10.0. The van der Waals surface area contributed by atoms with Crippen LogP contribution in [0.25, 0.3) is 0 Å². The minimum absolute atomic E-state index is 0. The van der Waals surface area contributed by atoms with Crippen molar-refractivity contribution in [3.05, 3.63) is 35.4 Å². The molecule has 0 spiro atoms. The summed E-state index contributed by atoms with van der Waals surface area (Å²) >= 11 is 0. The van der Waals surface area contributed by atoms with Gasteiger partial charge in [-0.05, 0) is 37.1 Å². The molecule has 0 aliphatic carbocycles. The van der Waals surface area contributed by atoms with Gasteiger partial charge in [0.05, 0.1) is 11.6 Å². The van der Waals surface area contributed by atoms with E-state index in [1.165, 1.54) is 0 Å². The first-order chi connectivity index (χ1) is 7.27. The van der Waals surface area contributed by atoms with Crippen LogP contribution in [0.3, 0.4) is 0 Å². The maximum atomic E-state index is 8.75. The lowest BCUT2D eigenvalue weighted by atomic mass is 10.0. The molecular weight excluding hydrogens is 222 g/mol. The summed E-state index contributed by atoms with van der Waals surface area (Å²) in [6.45, 7) is 0.713. The van der Waals surface area contributed by atoms with Crippen LogP contribution < -0.4 is 11.5 Å². The third-order valence-electron chi connectivity index (χ3n) is 2.41. The van der Waals surface area contributed by atoms with E-state index < -0.39 is 0 Å². The van der Waals surface area contributed by atoms with Crippen molar-refractivity contribution in [2.45, 2.75) is 25.3 Å². The third kappa shape index (κ3) is 4.63. The highest BCUT2D eigenvalue weighted by atomic mass is 35.5. The van der Waals surface area contributed by atoms with Gasteiger partial charge in [-0.25, -0.2) is 0 Å². The van der Waals surface area contributed by atoms with E-state index in [9.17, 15) is 0 Å². The SMILES string of the molecule is Cl.N#Cc1cccc([C@@H](N)CCCCN)c1. The fourth-order valence-corrected chi connectivity index (χ4v) is 1.51. The molecule has 0 unspecified atom stereocenters. The van der Waals surface area contributed by atoms with Gasteiger partial charge in [-0.3, -0.25) is 0 Å². The monoisotopic (exact) mass is 239 g/mol. The standard InChI is InChI=1S/C12H17N3.ClH/c13-7-2-1-6-12(15)11-5-3-4-10(8-11)9-14;/h3-5,8,12H,1-2,6-7,13,15H2;1H/t12-;/m0./s1. The van der Waals surface area contributed by atoms with E-state index in [1.54, 1.807) is 6.07 Å². The molecule has 3 nitrogen and oxygen atoms in total. The Hall–Kier alpha value is -1.08. The summed E-state index contributed by atoms with van der Waals surface area (Å²) in [6.07, 6.45) is 2.96. The van der Waals surface area contributed by atoms with E-state index in [4.69, 9.17) is 16.7 Å². The average Bonchev–Trinajstić information content (AvgIpc) is 2.29. The molecule has 0 aliphatic heterocycles. The smallest absolute Gasteiger partial charge is 0.0991 e. The number of benzene rings is 1. The van der Waals surface area contributed by atoms with E-state index in [0.717, 1.165) is 24.8 Å². The Morgan fingerprint density at radius 1 is 1.31 bits per heavy atom. The molecule has 1 rings (SSSR count). The molecule has 88 valence electrons. The normalized spacial score (nSPS) is 11.3. The van der Waals surface area contributed by atoms with Gasteiger partial charge in [0.25, 0.3) is 0 Å². The molecule has 0 saturated carbocycles. The van der Waals surface area contributed by atoms with Crippen molar-refractivity contribution in [2.24, 2.45) is 11.5 Å². The summed E-state index contributed by atoms with van der Waals surface area (Å²) in [5.74, 6) is 0. The molecule has 16 heavy (non-hydrogen) atoms. The number of halogens is 1. The molecule has 1 atom stereocenters. The van der Waals surface area contributed by atoms with Crippen molar-refractivity contribution >= 4 is 12.4 Å². The molecule has 0 bridgehead atoms.